The number of H-pyrrole nitrogens is 1. The average Bonchev–Trinajstić information content (AvgIpc) is 3.02. The van der Waals surface area contributed by atoms with Crippen molar-refractivity contribution in [3.8, 4) is 0 Å². The van der Waals surface area contributed by atoms with Gasteiger partial charge >= 0.3 is 0 Å². The van der Waals surface area contributed by atoms with E-state index in [0.29, 0.717) is 5.91 Å². The first-order valence-corrected chi connectivity index (χ1v) is 7.58. The molecule has 1 aliphatic carbocycles. The van der Waals surface area contributed by atoms with Crippen molar-refractivity contribution in [2.24, 2.45) is 5.92 Å². The smallest absolute Gasteiger partial charge is 0.226 e. The highest BCUT2D eigenvalue weighted by Crippen LogP contribution is 2.36. The van der Waals surface area contributed by atoms with Gasteiger partial charge in [0, 0.05) is 12.5 Å². The van der Waals surface area contributed by atoms with E-state index < -0.39 is 0 Å². The number of likely N-dealkylation sites (tertiary alicyclic amines) is 1. The third-order valence-corrected chi connectivity index (χ3v) is 4.71. The first kappa shape index (κ1) is 11.9. The molecule has 1 saturated heterocycles. The van der Waals surface area contributed by atoms with Crippen molar-refractivity contribution in [3.05, 3.63) is 30.1 Å². The van der Waals surface area contributed by atoms with E-state index in [2.05, 4.69) is 14.9 Å². The summed E-state index contributed by atoms with van der Waals surface area (Å²) in [4.78, 5) is 22.6. The summed E-state index contributed by atoms with van der Waals surface area (Å²) in [5.41, 5.74) is 2.05. The minimum atomic E-state index is 0.149. The lowest BCUT2D eigenvalue weighted by Crippen LogP contribution is -2.38. The zero-order valence-electron chi connectivity index (χ0n) is 11.5. The lowest BCUT2D eigenvalue weighted by molar-refractivity contribution is -0.139. The van der Waals surface area contributed by atoms with Crippen LogP contribution in [0.4, 0.5) is 0 Å². The van der Waals surface area contributed by atoms with E-state index in [9.17, 15) is 4.79 Å². The molecule has 4 rings (SSSR count). The number of aromatic nitrogens is 2. The van der Waals surface area contributed by atoms with Crippen LogP contribution in [-0.2, 0) is 4.79 Å². The predicted octanol–water partition coefficient (Wildman–Crippen LogP) is 3.03. The van der Waals surface area contributed by atoms with Crippen LogP contribution in [0.5, 0.6) is 0 Å². The summed E-state index contributed by atoms with van der Waals surface area (Å²) >= 11 is 0. The van der Waals surface area contributed by atoms with Gasteiger partial charge in [-0.3, -0.25) is 4.79 Å². The number of carbonyl (C=O) groups is 1. The summed E-state index contributed by atoms with van der Waals surface area (Å²) < 4.78 is 0. The van der Waals surface area contributed by atoms with Gasteiger partial charge < -0.3 is 9.88 Å². The lowest BCUT2D eigenvalue weighted by Gasteiger charge is -2.32. The summed E-state index contributed by atoms with van der Waals surface area (Å²) in [6.07, 6.45) is 5.46. The second-order valence-corrected chi connectivity index (χ2v) is 5.96. The van der Waals surface area contributed by atoms with Crippen LogP contribution < -0.4 is 0 Å². The topological polar surface area (TPSA) is 49.0 Å². The Morgan fingerprint density at radius 2 is 2.05 bits per heavy atom. The lowest BCUT2D eigenvalue weighted by atomic mass is 9.84. The normalized spacial score (nSPS) is 23.2. The number of nitrogens with zero attached hydrogens (tertiary/aromatic N) is 2. The molecule has 4 nitrogen and oxygen atoms in total. The summed E-state index contributed by atoms with van der Waals surface area (Å²) in [5.74, 6) is 1.58. The fourth-order valence-corrected chi connectivity index (χ4v) is 3.33. The van der Waals surface area contributed by atoms with Gasteiger partial charge in [0.05, 0.1) is 17.1 Å². The number of aromatic amines is 1. The molecular weight excluding hydrogens is 250 g/mol. The molecule has 2 aliphatic rings. The standard InChI is InChI=1S/C16H19N3O/c20-16(11-5-3-6-11)19-10-4-9-14(19)15-17-12-7-1-2-8-13(12)18-15/h1-2,7-8,11,14H,3-6,9-10H2,(H,17,18). The van der Waals surface area contributed by atoms with Crippen molar-refractivity contribution in [1.82, 2.24) is 14.9 Å². The molecule has 1 unspecified atom stereocenters. The maximum atomic E-state index is 12.5. The highest BCUT2D eigenvalue weighted by Gasteiger charge is 2.37. The number of hydrogen-bond donors (Lipinski definition) is 1. The van der Waals surface area contributed by atoms with Gasteiger partial charge in [-0.2, -0.15) is 0 Å². The minimum Gasteiger partial charge on any atom is -0.340 e. The summed E-state index contributed by atoms with van der Waals surface area (Å²) in [7, 11) is 0. The number of rotatable bonds is 2. The Balaban J connectivity index is 1.63. The number of hydrogen-bond acceptors (Lipinski definition) is 2. The van der Waals surface area contributed by atoms with Crippen molar-refractivity contribution in [2.45, 2.75) is 38.1 Å². The van der Waals surface area contributed by atoms with Gasteiger partial charge in [-0.1, -0.05) is 18.6 Å². The molecule has 4 heteroatoms. The van der Waals surface area contributed by atoms with E-state index in [4.69, 9.17) is 0 Å². The zero-order chi connectivity index (χ0) is 13.5. The van der Waals surface area contributed by atoms with Crippen molar-refractivity contribution in [1.29, 1.82) is 0 Å². The van der Waals surface area contributed by atoms with Gasteiger partial charge in [-0.05, 0) is 37.8 Å². The molecule has 1 saturated carbocycles. The van der Waals surface area contributed by atoms with Gasteiger partial charge in [0.25, 0.3) is 0 Å². The van der Waals surface area contributed by atoms with Crippen molar-refractivity contribution < 1.29 is 4.79 Å². The molecular formula is C16H19N3O. The highest BCUT2D eigenvalue weighted by atomic mass is 16.2. The molecule has 1 N–H and O–H groups in total. The quantitative estimate of drug-likeness (QED) is 0.911. The van der Waals surface area contributed by atoms with E-state index in [0.717, 1.165) is 49.1 Å². The monoisotopic (exact) mass is 269 g/mol. The fraction of sp³-hybridized carbons (Fsp3) is 0.500. The largest absolute Gasteiger partial charge is 0.340 e. The second kappa shape index (κ2) is 4.62. The van der Waals surface area contributed by atoms with Gasteiger partial charge in [0.15, 0.2) is 0 Å². The summed E-state index contributed by atoms with van der Waals surface area (Å²) in [5, 5.41) is 0. The van der Waals surface area contributed by atoms with Crippen molar-refractivity contribution >= 4 is 16.9 Å². The predicted molar refractivity (Wildman–Crippen MR) is 77.1 cm³/mol. The number of nitrogens with one attached hydrogen (secondary N) is 1. The SMILES string of the molecule is O=C(C1CCC1)N1CCCC1c1nc2ccccc2[nH]1. The summed E-state index contributed by atoms with van der Waals surface area (Å²) in [6.45, 7) is 0.886. The number of fused-ring (bicyclic) bond motifs is 1. The van der Waals surface area contributed by atoms with E-state index in [1.807, 2.05) is 24.3 Å². The average molecular weight is 269 g/mol. The fourth-order valence-electron chi connectivity index (χ4n) is 3.33. The number of para-hydroxylation sites is 2. The van der Waals surface area contributed by atoms with E-state index in [1.165, 1.54) is 6.42 Å². The Labute approximate surface area is 118 Å². The van der Waals surface area contributed by atoms with E-state index in [-0.39, 0.29) is 12.0 Å². The third-order valence-electron chi connectivity index (χ3n) is 4.71. The van der Waals surface area contributed by atoms with Gasteiger partial charge in [0.1, 0.15) is 5.82 Å². The Morgan fingerprint density at radius 3 is 2.80 bits per heavy atom. The molecule has 1 amide bonds. The molecule has 1 aliphatic heterocycles. The van der Waals surface area contributed by atoms with Gasteiger partial charge in [-0.25, -0.2) is 4.98 Å². The van der Waals surface area contributed by atoms with Crippen LogP contribution in [0.1, 0.15) is 44.0 Å². The van der Waals surface area contributed by atoms with Crippen molar-refractivity contribution in [2.75, 3.05) is 6.54 Å². The van der Waals surface area contributed by atoms with E-state index >= 15 is 0 Å². The van der Waals surface area contributed by atoms with Crippen LogP contribution in [0.25, 0.3) is 11.0 Å². The Hall–Kier alpha value is -1.84. The van der Waals surface area contributed by atoms with Crippen molar-refractivity contribution in [3.63, 3.8) is 0 Å². The maximum Gasteiger partial charge on any atom is 0.226 e. The Morgan fingerprint density at radius 1 is 1.20 bits per heavy atom. The number of carbonyl (C=O) groups excluding carboxylic acids is 1. The van der Waals surface area contributed by atoms with Crippen LogP contribution in [-0.4, -0.2) is 27.3 Å². The molecule has 0 radical (unpaired) electrons. The van der Waals surface area contributed by atoms with Crippen LogP contribution in [0.15, 0.2) is 24.3 Å². The number of benzene rings is 1. The molecule has 0 bridgehead atoms. The molecule has 2 aromatic rings. The van der Waals surface area contributed by atoms with Gasteiger partial charge in [-0.15, -0.1) is 0 Å². The maximum absolute atomic E-state index is 12.5. The Kier molecular flexibility index (Phi) is 2.76. The van der Waals surface area contributed by atoms with Crippen LogP contribution >= 0.6 is 0 Å². The molecule has 2 fully saturated rings. The first-order chi connectivity index (χ1) is 9.83. The van der Waals surface area contributed by atoms with Crippen LogP contribution in [0, 0.1) is 5.92 Å². The second-order valence-electron chi connectivity index (χ2n) is 5.96. The molecule has 104 valence electrons. The third kappa shape index (κ3) is 1.82. The number of imidazole rings is 1. The summed E-state index contributed by atoms with van der Waals surface area (Å²) in [6, 6.07) is 8.21. The molecule has 0 spiro atoms. The molecule has 2 heterocycles. The zero-order valence-corrected chi connectivity index (χ0v) is 11.5. The molecule has 1 atom stereocenters. The Bertz CT molecular complexity index is 611. The minimum absolute atomic E-state index is 0.149. The molecule has 1 aromatic carbocycles. The molecule has 1 aromatic heterocycles. The van der Waals surface area contributed by atoms with Crippen LogP contribution in [0.2, 0.25) is 0 Å². The number of amides is 1. The van der Waals surface area contributed by atoms with Gasteiger partial charge in [0.2, 0.25) is 5.91 Å². The first-order valence-electron chi connectivity index (χ1n) is 7.58. The molecule has 20 heavy (non-hydrogen) atoms. The highest BCUT2D eigenvalue weighted by molar-refractivity contribution is 5.80. The van der Waals surface area contributed by atoms with Crippen LogP contribution in [0.3, 0.4) is 0 Å². The van der Waals surface area contributed by atoms with E-state index in [1.54, 1.807) is 0 Å².